The molecule has 1 saturated heterocycles. The van der Waals surface area contributed by atoms with Crippen LogP contribution in [0.3, 0.4) is 0 Å². The van der Waals surface area contributed by atoms with E-state index in [2.05, 4.69) is 28.6 Å². The fourth-order valence-electron chi connectivity index (χ4n) is 0.0962. The maximum absolute atomic E-state index is 4.71. The molecule has 0 amide bonds. The average molecular weight is 129 g/mol. The molecule has 1 unspecified atom stereocenters. The first-order chi connectivity index (χ1) is 2.89. The van der Waals surface area contributed by atoms with E-state index in [1.165, 1.54) is 0 Å². The van der Waals surface area contributed by atoms with E-state index in [4.69, 9.17) is 4.74 Å². The van der Waals surface area contributed by atoms with Crippen LogP contribution in [0.15, 0.2) is 0 Å². The van der Waals surface area contributed by atoms with Gasteiger partial charge in [-0.2, -0.15) is 0 Å². The van der Waals surface area contributed by atoms with Crippen LogP contribution in [0.1, 0.15) is 6.92 Å². The third-order valence-electron chi connectivity index (χ3n) is 0.500. The zero-order valence-corrected chi connectivity index (χ0v) is 4.96. The molecule has 0 aliphatic carbocycles. The van der Waals surface area contributed by atoms with Crippen LogP contribution >= 0.6 is 21.7 Å². The van der Waals surface area contributed by atoms with Crippen molar-refractivity contribution in [3.8, 4) is 0 Å². The highest BCUT2D eigenvalue weighted by Gasteiger charge is 2.13. The largest absolute Gasteiger partial charge is 0.373 e. The van der Waals surface area contributed by atoms with Crippen molar-refractivity contribution in [1.82, 2.24) is 0 Å². The molecule has 0 aromatic carbocycles. The second-order valence-corrected chi connectivity index (χ2v) is 1.14. The Morgan fingerprint density at radius 3 is 1.83 bits per heavy atom. The number of halogens is 2. The van der Waals surface area contributed by atoms with E-state index in [1.807, 2.05) is 0 Å². The first-order valence-electron chi connectivity index (χ1n) is 1.65. The maximum Gasteiger partial charge on any atom is 0.0781 e. The van der Waals surface area contributed by atoms with Crippen molar-refractivity contribution < 1.29 is 4.74 Å². The Labute approximate surface area is 46.8 Å². The quantitative estimate of drug-likeness (QED) is 0.454. The van der Waals surface area contributed by atoms with Crippen molar-refractivity contribution in [2.75, 3.05) is 6.61 Å². The van der Waals surface area contributed by atoms with Gasteiger partial charge in [0.2, 0.25) is 0 Å². The summed E-state index contributed by atoms with van der Waals surface area (Å²) < 4.78 is 4.71. The van der Waals surface area contributed by atoms with Crippen LogP contribution < -0.4 is 0 Å². The van der Waals surface area contributed by atoms with E-state index in [9.17, 15) is 0 Å². The molecule has 0 N–H and O–H groups in total. The number of hydrogen-bond donors (Lipinski definition) is 0. The zero-order chi connectivity index (χ0) is 4.99. The highest BCUT2D eigenvalue weighted by atomic mass is 36.5. The van der Waals surface area contributed by atoms with Crippen molar-refractivity contribution in [1.29, 1.82) is 0 Å². The summed E-state index contributed by atoms with van der Waals surface area (Å²) in [7, 11) is 8.22. The highest BCUT2D eigenvalue weighted by Crippen LogP contribution is 2.04. The molecule has 0 aromatic heterocycles. The Bertz CT molecular complexity index is 28.0. The molecule has 0 saturated carbocycles. The molecule has 1 heterocycles. The third kappa shape index (κ3) is 4.54. The van der Waals surface area contributed by atoms with E-state index in [0.29, 0.717) is 6.10 Å². The maximum atomic E-state index is 4.71. The Morgan fingerprint density at radius 1 is 1.67 bits per heavy atom. The predicted molar refractivity (Wildman–Crippen MR) is 27.1 cm³/mol. The zero-order valence-electron chi connectivity index (χ0n) is 3.45. The Hall–Kier alpha value is 0.540. The minimum atomic E-state index is 0.583. The van der Waals surface area contributed by atoms with Crippen LogP contribution in [0, 0.1) is 0 Å². The summed E-state index contributed by atoms with van der Waals surface area (Å²) in [5, 5.41) is 0. The summed E-state index contributed by atoms with van der Waals surface area (Å²) in [4.78, 5) is 0. The molecule has 0 aromatic rings. The lowest BCUT2D eigenvalue weighted by atomic mass is 10.6. The summed E-state index contributed by atoms with van der Waals surface area (Å²) in [6.45, 7) is 3.04. The molecular formula is C3H6Cl2O. The fourth-order valence-corrected chi connectivity index (χ4v) is 0.0962. The van der Waals surface area contributed by atoms with Gasteiger partial charge < -0.3 is 4.74 Å². The van der Waals surface area contributed by atoms with Crippen molar-refractivity contribution in [2.45, 2.75) is 13.0 Å². The molecule has 1 atom stereocenters. The van der Waals surface area contributed by atoms with Crippen molar-refractivity contribution in [3.05, 3.63) is 0 Å². The molecule has 0 radical (unpaired) electrons. The van der Waals surface area contributed by atoms with Gasteiger partial charge in [-0.05, 0) is 6.92 Å². The minimum Gasteiger partial charge on any atom is -0.373 e. The van der Waals surface area contributed by atoms with Crippen molar-refractivity contribution in [2.24, 2.45) is 0 Å². The number of epoxide rings is 1. The molecule has 0 bridgehead atoms. The van der Waals surface area contributed by atoms with Crippen LogP contribution in [0.4, 0.5) is 0 Å². The Balaban J connectivity index is 0.000000112. The minimum absolute atomic E-state index is 0.583. The van der Waals surface area contributed by atoms with Gasteiger partial charge in [0.1, 0.15) is 0 Å². The van der Waals surface area contributed by atoms with Crippen molar-refractivity contribution >= 4 is 21.7 Å². The lowest BCUT2D eigenvalue weighted by Crippen LogP contribution is -1.60. The highest BCUT2D eigenvalue weighted by molar-refractivity contribution is 6.85. The predicted octanol–water partition coefficient (Wildman–Crippen LogP) is 1.78. The van der Waals surface area contributed by atoms with Gasteiger partial charge in [0.25, 0.3) is 0 Å². The summed E-state index contributed by atoms with van der Waals surface area (Å²) in [6, 6.07) is 0. The first kappa shape index (κ1) is 6.54. The van der Waals surface area contributed by atoms with Crippen molar-refractivity contribution in [3.63, 3.8) is 0 Å². The van der Waals surface area contributed by atoms with Gasteiger partial charge in [-0.3, -0.25) is 0 Å². The molecule has 1 aliphatic heterocycles. The fraction of sp³-hybridized carbons (Fsp3) is 1.00. The molecule has 38 valence electrons. The summed E-state index contributed by atoms with van der Waals surface area (Å²) in [5.41, 5.74) is 0. The van der Waals surface area contributed by atoms with Gasteiger partial charge in [0.05, 0.1) is 12.7 Å². The van der Waals surface area contributed by atoms with E-state index < -0.39 is 0 Å². The lowest BCUT2D eigenvalue weighted by Gasteiger charge is -1.50. The van der Waals surface area contributed by atoms with E-state index in [1.54, 1.807) is 0 Å². The normalized spacial score (nSPS) is 27.5. The molecule has 1 nitrogen and oxygen atoms in total. The number of ether oxygens (including phenoxy) is 1. The molecule has 0 spiro atoms. The average Bonchev–Trinajstić information content (AvgIpc) is 2.30. The second-order valence-electron chi connectivity index (χ2n) is 1.14. The smallest absolute Gasteiger partial charge is 0.0781 e. The standard InChI is InChI=1S/C3H6O.Cl2/c1-3-2-4-3;1-2/h3H,2H2,1H3;. The van der Waals surface area contributed by atoms with Gasteiger partial charge >= 0.3 is 0 Å². The van der Waals surface area contributed by atoms with E-state index in [0.717, 1.165) is 6.61 Å². The van der Waals surface area contributed by atoms with Gasteiger partial charge in [0, 0.05) is 21.7 Å². The Morgan fingerprint density at radius 2 is 1.83 bits per heavy atom. The SMILES string of the molecule is CC1CO1.ClCl. The molecule has 6 heavy (non-hydrogen) atoms. The monoisotopic (exact) mass is 128 g/mol. The van der Waals surface area contributed by atoms with Crippen LogP contribution in [0.5, 0.6) is 0 Å². The molecule has 1 rings (SSSR count). The molecule has 3 heteroatoms. The van der Waals surface area contributed by atoms with Crippen LogP contribution in [0.25, 0.3) is 0 Å². The van der Waals surface area contributed by atoms with Crippen LogP contribution in [-0.2, 0) is 4.74 Å². The Kier molecular flexibility index (Phi) is 4.06. The van der Waals surface area contributed by atoms with Crippen LogP contribution in [0.2, 0.25) is 0 Å². The summed E-state index contributed by atoms with van der Waals surface area (Å²) in [6.07, 6.45) is 0.583. The van der Waals surface area contributed by atoms with Gasteiger partial charge in [-0.15, -0.1) is 0 Å². The molecule has 1 aliphatic rings. The van der Waals surface area contributed by atoms with E-state index >= 15 is 0 Å². The second kappa shape index (κ2) is 3.72. The van der Waals surface area contributed by atoms with Gasteiger partial charge in [-0.1, -0.05) is 0 Å². The first-order valence-corrected chi connectivity index (χ1v) is 2.80. The molecule has 1 fully saturated rings. The lowest BCUT2D eigenvalue weighted by molar-refractivity contribution is 0.423. The van der Waals surface area contributed by atoms with E-state index in [-0.39, 0.29) is 0 Å². The summed E-state index contributed by atoms with van der Waals surface area (Å²) >= 11 is 0. The summed E-state index contributed by atoms with van der Waals surface area (Å²) in [5.74, 6) is 0. The number of rotatable bonds is 0. The topological polar surface area (TPSA) is 12.5 Å². The number of hydrogen-bond acceptors (Lipinski definition) is 1. The van der Waals surface area contributed by atoms with Gasteiger partial charge in [-0.25, -0.2) is 0 Å². The third-order valence-corrected chi connectivity index (χ3v) is 0.500. The molecular weight excluding hydrogens is 123 g/mol. The van der Waals surface area contributed by atoms with Gasteiger partial charge in [0.15, 0.2) is 0 Å². The van der Waals surface area contributed by atoms with Crippen LogP contribution in [-0.4, -0.2) is 12.7 Å².